The van der Waals surface area contributed by atoms with Crippen molar-refractivity contribution in [1.29, 1.82) is 0 Å². The molecule has 0 saturated carbocycles. The maximum Gasteiger partial charge on any atom is 0.336 e. The minimum absolute atomic E-state index is 0.260. The van der Waals surface area contributed by atoms with Crippen molar-refractivity contribution in [2.24, 2.45) is 0 Å². The van der Waals surface area contributed by atoms with Crippen LogP contribution in [0.3, 0.4) is 0 Å². The van der Waals surface area contributed by atoms with Crippen LogP contribution in [0.15, 0.2) is 35.7 Å². The van der Waals surface area contributed by atoms with Gasteiger partial charge in [0.05, 0.1) is 21.1 Å². The van der Waals surface area contributed by atoms with Gasteiger partial charge in [-0.25, -0.2) is 9.78 Å². The van der Waals surface area contributed by atoms with Crippen LogP contribution in [-0.2, 0) is 0 Å². The first kappa shape index (κ1) is 13.1. The number of fused-ring (bicyclic) bond motifs is 1. The fraction of sp³-hybridized carbons (Fsp3) is 0.0667. The molecule has 0 aliphatic rings. The van der Waals surface area contributed by atoms with Crippen molar-refractivity contribution in [2.45, 2.75) is 6.92 Å². The van der Waals surface area contributed by atoms with Crippen LogP contribution in [0.2, 0.25) is 4.34 Å². The van der Waals surface area contributed by atoms with Gasteiger partial charge in [0.1, 0.15) is 0 Å². The SMILES string of the molecule is Cc1ccc2nc(-c3csc(Cl)c3)cc(C(=O)O)c2c1. The van der Waals surface area contributed by atoms with E-state index in [2.05, 4.69) is 4.98 Å². The molecular weight excluding hydrogens is 294 g/mol. The summed E-state index contributed by atoms with van der Waals surface area (Å²) in [5.74, 6) is -0.953. The average Bonchev–Trinajstić information content (AvgIpc) is 2.84. The van der Waals surface area contributed by atoms with Crippen LogP contribution in [-0.4, -0.2) is 16.1 Å². The van der Waals surface area contributed by atoms with E-state index in [-0.39, 0.29) is 5.56 Å². The number of pyridine rings is 1. The molecule has 3 aromatic rings. The van der Waals surface area contributed by atoms with Gasteiger partial charge in [-0.2, -0.15) is 0 Å². The Morgan fingerprint density at radius 1 is 1.30 bits per heavy atom. The van der Waals surface area contributed by atoms with Crippen molar-refractivity contribution in [1.82, 2.24) is 4.98 Å². The Morgan fingerprint density at radius 2 is 2.10 bits per heavy atom. The Bertz CT molecular complexity index is 826. The fourth-order valence-electron chi connectivity index (χ4n) is 2.11. The summed E-state index contributed by atoms with van der Waals surface area (Å²) in [7, 11) is 0. The summed E-state index contributed by atoms with van der Waals surface area (Å²) in [5.41, 5.74) is 3.41. The summed E-state index contributed by atoms with van der Waals surface area (Å²) in [5, 5.41) is 11.9. The summed E-state index contributed by atoms with van der Waals surface area (Å²) in [6, 6.07) is 9.00. The quantitative estimate of drug-likeness (QED) is 0.751. The number of nitrogens with zero attached hydrogens (tertiary/aromatic N) is 1. The normalized spacial score (nSPS) is 10.9. The first-order valence-electron chi connectivity index (χ1n) is 5.94. The smallest absolute Gasteiger partial charge is 0.336 e. The van der Waals surface area contributed by atoms with Gasteiger partial charge in [0, 0.05) is 16.3 Å². The number of hydrogen-bond donors (Lipinski definition) is 1. The van der Waals surface area contributed by atoms with Crippen molar-refractivity contribution in [3.63, 3.8) is 0 Å². The minimum atomic E-state index is -0.953. The van der Waals surface area contributed by atoms with E-state index in [9.17, 15) is 9.90 Å². The van der Waals surface area contributed by atoms with Crippen molar-refractivity contribution in [3.8, 4) is 11.3 Å². The van der Waals surface area contributed by atoms with Crippen LogP contribution in [0.4, 0.5) is 0 Å². The van der Waals surface area contributed by atoms with E-state index in [1.54, 1.807) is 12.1 Å². The van der Waals surface area contributed by atoms with E-state index >= 15 is 0 Å². The van der Waals surface area contributed by atoms with E-state index in [1.165, 1.54) is 11.3 Å². The number of aryl methyl sites for hydroxylation is 1. The lowest BCUT2D eigenvalue weighted by Gasteiger charge is -2.06. The van der Waals surface area contributed by atoms with Crippen LogP contribution in [0, 0.1) is 6.92 Å². The standard InChI is InChI=1S/C15H10ClNO2S/c1-8-2-3-12-10(4-8)11(15(18)19)6-13(17-12)9-5-14(16)20-7-9/h2-7H,1H3,(H,18,19). The summed E-state index contributed by atoms with van der Waals surface area (Å²) in [6.07, 6.45) is 0. The molecular formula is C15H10ClNO2S. The molecule has 0 radical (unpaired) electrons. The second-order valence-corrected chi connectivity index (χ2v) is 6.06. The summed E-state index contributed by atoms with van der Waals surface area (Å²) in [6.45, 7) is 1.93. The monoisotopic (exact) mass is 303 g/mol. The Labute approximate surface area is 124 Å². The molecule has 3 nitrogen and oxygen atoms in total. The van der Waals surface area contributed by atoms with Gasteiger partial charge in [-0.1, -0.05) is 23.2 Å². The van der Waals surface area contributed by atoms with E-state index in [1.807, 2.05) is 30.5 Å². The predicted octanol–water partition coefficient (Wildman–Crippen LogP) is 4.62. The minimum Gasteiger partial charge on any atom is -0.478 e. The number of aromatic nitrogens is 1. The Kier molecular flexibility index (Phi) is 3.20. The molecule has 2 aromatic heterocycles. The topological polar surface area (TPSA) is 50.2 Å². The zero-order valence-corrected chi connectivity index (χ0v) is 12.1. The Morgan fingerprint density at radius 3 is 2.75 bits per heavy atom. The third-order valence-corrected chi connectivity index (χ3v) is 4.15. The molecule has 100 valence electrons. The number of carboxylic acids is 1. The first-order valence-corrected chi connectivity index (χ1v) is 7.19. The molecule has 0 unspecified atom stereocenters. The van der Waals surface area contributed by atoms with Gasteiger partial charge >= 0.3 is 5.97 Å². The number of benzene rings is 1. The molecule has 0 aliphatic heterocycles. The van der Waals surface area contributed by atoms with Crippen molar-refractivity contribution in [2.75, 3.05) is 0 Å². The Hall–Kier alpha value is -1.91. The van der Waals surface area contributed by atoms with Crippen LogP contribution in [0.5, 0.6) is 0 Å². The predicted molar refractivity (Wildman–Crippen MR) is 81.8 cm³/mol. The van der Waals surface area contributed by atoms with Gasteiger partial charge in [-0.05, 0) is 31.2 Å². The molecule has 1 aromatic carbocycles. The zero-order chi connectivity index (χ0) is 14.3. The van der Waals surface area contributed by atoms with Crippen LogP contribution in [0.25, 0.3) is 22.2 Å². The van der Waals surface area contributed by atoms with Crippen LogP contribution >= 0.6 is 22.9 Å². The summed E-state index contributed by atoms with van der Waals surface area (Å²) >= 11 is 7.33. The van der Waals surface area contributed by atoms with Gasteiger partial charge < -0.3 is 5.11 Å². The first-order chi connectivity index (χ1) is 9.54. The number of carbonyl (C=O) groups is 1. The molecule has 0 saturated heterocycles. The molecule has 0 spiro atoms. The van der Waals surface area contributed by atoms with Crippen LogP contribution < -0.4 is 0 Å². The lowest BCUT2D eigenvalue weighted by Crippen LogP contribution is -2.00. The lowest BCUT2D eigenvalue weighted by molar-refractivity contribution is 0.0699. The largest absolute Gasteiger partial charge is 0.478 e. The molecule has 20 heavy (non-hydrogen) atoms. The lowest BCUT2D eigenvalue weighted by atomic mass is 10.0. The van der Waals surface area contributed by atoms with Crippen LogP contribution in [0.1, 0.15) is 15.9 Å². The maximum absolute atomic E-state index is 11.5. The number of carboxylic acid groups (broad SMARTS) is 1. The number of hydrogen-bond acceptors (Lipinski definition) is 3. The van der Waals surface area contributed by atoms with Crippen molar-refractivity contribution >= 4 is 39.8 Å². The molecule has 2 heterocycles. The number of aromatic carboxylic acids is 1. The second-order valence-electron chi connectivity index (χ2n) is 4.52. The Balaban J connectivity index is 2.31. The van der Waals surface area contributed by atoms with Gasteiger partial charge in [0.15, 0.2) is 0 Å². The fourth-order valence-corrected chi connectivity index (χ4v) is 2.98. The number of rotatable bonds is 2. The molecule has 1 N–H and O–H groups in total. The molecule has 0 atom stereocenters. The van der Waals surface area contributed by atoms with Gasteiger partial charge in [-0.15, -0.1) is 11.3 Å². The molecule has 0 aliphatic carbocycles. The maximum atomic E-state index is 11.5. The zero-order valence-electron chi connectivity index (χ0n) is 10.6. The van der Waals surface area contributed by atoms with Gasteiger partial charge in [0.25, 0.3) is 0 Å². The van der Waals surface area contributed by atoms with Crippen molar-refractivity contribution < 1.29 is 9.90 Å². The third-order valence-electron chi connectivity index (χ3n) is 3.06. The number of halogens is 1. The van der Waals surface area contributed by atoms with E-state index in [0.717, 1.165) is 11.1 Å². The molecule has 5 heteroatoms. The summed E-state index contributed by atoms with van der Waals surface area (Å²) in [4.78, 5) is 16.0. The molecule has 0 amide bonds. The molecule has 3 rings (SSSR count). The van der Waals surface area contributed by atoms with E-state index in [4.69, 9.17) is 11.6 Å². The third kappa shape index (κ3) is 2.28. The second kappa shape index (κ2) is 4.89. The molecule has 0 fully saturated rings. The summed E-state index contributed by atoms with van der Waals surface area (Å²) < 4.78 is 0.655. The highest BCUT2D eigenvalue weighted by Crippen LogP contribution is 2.30. The van der Waals surface area contributed by atoms with Crippen molar-refractivity contribution in [3.05, 3.63) is 51.2 Å². The van der Waals surface area contributed by atoms with Gasteiger partial charge in [-0.3, -0.25) is 0 Å². The molecule has 0 bridgehead atoms. The number of thiophene rings is 1. The van der Waals surface area contributed by atoms with E-state index in [0.29, 0.717) is 20.9 Å². The highest BCUT2D eigenvalue weighted by Gasteiger charge is 2.13. The highest BCUT2D eigenvalue weighted by atomic mass is 35.5. The van der Waals surface area contributed by atoms with Gasteiger partial charge in [0.2, 0.25) is 0 Å². The average molecular weight is 304 g/mol. The van der Waals surface area contributed by atoms with E-state index < -0.39 is 5.97 Å². The highest BCUT2D eigenvalue weighted by molar-refractivity contribution is 7.14.